The Hall–Kier alpha value is -3.13. The number of methoxy groups -OCH3 is 3. The maximum atomic E-state index is 6.10. The first-order valence-electron chi connectivity index (χ1n) is 7.53. The molecule has 0 atom stereocenters. The second kappa shape index (κ2) is 7.83. The molecule has 0 spiro atoms. The largest absolute Gasteiger partial charge is 0.493 e. The minimum atomic E-state index is 0.317. The van der Waals surface area contributed by atoms with Crippen molar-refractivity contribution in [3.05, 3.63) is 41.9 Å². The molecule has 3 rings (SSSR count). The number of benzene rings is 1. The Morgan fingerprint density at radius 3 is 2.31 bits per heavy atom. The average Bonchev–Trinajstić information content (AvgIpc) is 2.67. The van der Waals surface area contributed by atoms with Crippen LogP contribution in [0.3, 0.4) is 0 Å². The van der Waals surface area contributed by atoms with Crippen LogP contribution >= 0.6 is 11.6 Å². The second-order valence-electron chi connectivity index (χ2n) is 5.01. The van der Waals surface area contributed by atoms with Crippen molar-refractivity contribution in [3.8, 4) is 28.6 Å². The minimum Gasteiger partial charge on any atom is -0.493 e. The summed E-state index contributed by atoms with van der Waals surface area (Å²) < 4.78 is 16.0. The lowest BCUT2D eigenvalue weighted by molar-refractivity contribution is 0.324. The second-order valence-corrected chi connectivity index (χ2v) is 5.37. The molecule has 0 amide bonds. The van der Waals surface area contributed by atoms with Crippen LogP contribution in [-0.4, -0.2) is 41.3 Å². The molecule has 2 aromatic heterocycles. The number of ether oxygens (including phenoxy) is 3. The van der Waals surface area contributed by atoms with Crippen molar-refractivity contribution in [2.45, 2.75) is 0 Å². The van der Waals surface area contributed by atoms with Gasteiger partial charge in [0, 0.05) is 24.0 Å². The number of pyridine rings is 1. The van der Waals surface area contributed by atoms with E-state index in [-0.39, 0.29) is 0 Å². The molecule has 0 aliphatic heterocycles. The third-order valence-electron chi connectivity index (χ3n) is 3.49. The van der Waals surface area contributed by atoms with Crippen molar-refractivity contribution in [1.82, 2.24) is 19.9 Å². The van der Waals surface area contributed by atoms with Gasteiger partial charge in [0.2, 0.25) is 11.7 Å². The molecule has 0 saturated heterocycles. The predicted octanol–water partition coefficient (Wildman–Crippen LogP) is 3.36. The summed E-state index contributed by atoms with van der Waals surface area (Å²) in [6.45, 7) is 0. The standard InChI is InChI=1S/C17H16ClN5O3/c1-24-12-7-10(8-13(25-2)14(12)26-3)22-17-21-9-20-16(23-17)11-5-4-6-19-15(11)18/h4-9H,1-3H3,(H,20,21,22,23). The van der Waals surface area contributed by atoms with Crippen molar-refractivity contribution in [1.29, 1.82) is 0 Å². The van der Waals surface area contributed by atoms with Crippen LogP contribution in [-0.2, 0) is 0 Å². The van der Waals surface area contributed by atoms with Crippen molar-refractivity contribution in [2.75, 3.05) is 26.6 Å². The first-order chi connectivity index (χ1) is 12.7. The fraction of sp³-hybridized carbons (Fsp3) is 0.176. The van der Waals surface area contributed by atoms with E-state index >= 15 is 0 Å². The van der Waals surface area contributed by atoms with E-state index in [9.17, 15) is 0 Å². The first-order valence-corrected chi connectivity index (χ1v) is 7.91. The van der Waals surface area contributed by atoms with Crippen molar-refractivity contribution >= 4 is 23.2 Å². The average molecular weight is 374 g/mol. The number of aromatic nitrogens is 4. The van der Waals surface area contributed by atoms with Gasteiger partial charge < -0.3 is 19.5 Å². The number of rotatable bonds is 6. The van der Waals surface area contributed by atoms with E-state index in [0.29, 0.717) is 45.4 Å². The van der Waals surface area contributed by atoms with Crippen LogP contribution in [0, 0.1) is 0 Å². The molecule has 0 aliphatic carbocycles. The van der Waals surface area contributed by atoms with Crippen LogP contribution in [0.1, 0.15) is 0 Å². The number of anilines is 2. The van der Waals surface area contributed by atoms with Crippen LogP contribution in [0.15, 0.2) is 36.8 Å². The van der Waals surface area contributed by atoms with E-state index in [4.69, 9.17) is 25.8 Å². The van der Waals surface area contributed by atoms with Crippen molar-refractivity contribution < 1.29 is 14.2 Å². The molecule has 1 aromatic carbocycles. The van der Waals surface area contributed by atoms with Gasteiger partial charge in [-0.2, -0.15) is 4.98 Å². The van der Waals surface area contributed by atoms with Gasteiger partial charge in [0.15, 0.2) is 17.3 Å². The molecular formula is C17H16ClN5O3. The number of nitrogens with zero attached hydrogens (tertiary/aromatic N) is 4. The van der Waals surface area contributed by atoms with Gasteiger partial charge >= 0.3 is 0 Å². The summed E-state index contributed by atoms with van der Waals surface area (Å²) in [5.41, 5.74) is 1.28. The number of halogens is 1. The molecule has 0 aliphatic rings. The Labute approximate surface area is 155 Å². The zero-order chi connectivity index (χ0) is 18.5. The Morgan fingerprint density at radius 1 is 0.962 bits per heavy atom. The molecule has 0 unspecified atom stereocenters. The van der Waals surface area contributed by atoms with Crippen LogP contribution in [0.5, 0.6) is 17.2 Å². The van der Waals surface area contributed by atoms with Gasteiger partial charge in [-0.25, -0.2) is 15.0 Å². The Balaban J connectivity index is 1.95. The maximum Gasteiger partial charge on any atom is 0.230 e. The quantitative estimate of drug-likeness (QED) is 0.658. The molecule has 26 heavy (non-hydrogen) atoms. The van der Waals surface area contributed by atoms with Gasteiger partial charge in [-0.15, -0.1) is 0 Å². The third kappa shape index (κ3) is 3.60. The topological polar surface area (TPSA) is 91.3 Å². The molecule has 0 bridgehead atoms. The number of hydrogen-bond acceptors (Lipinski definition) is 8. The smallest absolute Gasteiger partial charge is 0.230 e. The van der Waals surface area contributed by atoms with Crippen molar-refractivity contribution in [3.63, 3.8) is 0 Å². The summed E-state index contributed by atoms with van der Waals surface area (Å²) in [6, 6.07) is 7.05. The monoisotopic (exact) mass is 373 g/mol. The van der Waals surface area contributed by atoms with E-state index < -0.39 is 0 Å². The van der Waals surface area contributed by atoms with E-state index in [2.05, 4.69) is 25.3 Å². The summed E-state index contributed by atoms with van der Waals surface area (Å²) in [5, 5.41) is 3.41. The Bertz CT molecular complexity index is 897. The molecule has 0 saturated carbocycles. The highest BCUT2D eigenvalue weighted by Gasteiger charge is 2.14. The van der Waals surface area contributed by atoms with Gasteiger partial charge in [0.1, 0.15) is 11.5 Å². The molecule has 0 fully saturated rings. The van der Waals surface area contributed by atoms with E-state index in [1.807, 2.05) is 0 Å². The Morgan fingerprint density at radius 2 is 1.69 bits per heavy atom. The zero-order valence-corrected chi connectivity index (χ0v) is 15.1. The molecule has 2 heterocycles. The molecule has 134 valence electrons. The lowest BCUT2D eigenvalue weighted by Crippen LogP contribution is -2.02. The van der Waals surface area contributed by atoms with Crippen LogP contribution in [0.25, 0.3) is 11.4 Å². The zero-order valence-electron chi connectivity index (χ0n) is 14.4. The summed E-state index contributed by atoms with van der Waals surface area (Å²) in [7, 11) is 4.64. The highest BCUT2D eigenvalue weighted by Crippen LogP contribution is 2.40. The fourth-order valence-corrected chi connectivity index (χ4v) is 2.53. The third-order valence-corrected chi connectivity index (χ3v) is 3.79. The molecule has 9 heteroatoms. The van der Waals surface area contributed by atoms with E-state index in [0.717, 1.165) is 0 Å². The molecule has 3 aromatic rings. The van der Waals surface area contributed by atoms with Gasteiger partial charge in [-0.3, -0.25) is 0 Å². The molecular weight excluding hydrogens is 358 g/mol. The van der Waals surface area contributed by atoms with Gasteiger partial charge in [0.25, 0.3) is 0 Å². The SMILES string of the molecule is COc1cc(Nc2ncnc(-c3cccnc3Cl)n2)cc(OC)c1OC. The summed E-state index contributed by atoms with van der Waals surface area (Å²) in [4.78, 5) is 16.7. The first kappa shape index (κ1) is 17.7. The number of hydrogen-bond donors (Lipinski definition) is 1. The van der Waals surface area contributed by atoms with Crippen LogP contribution in [0.2, 0.25) is 5.15 Å². The lowest BCUT2D eigenvalue weighted by atomic mass is 10.2. The summed E-state index contributed by atoms with van der Waals surface area (Å²) >= 11 is 6.10. The lowest BCUT2D eigenvalue weighted by Gasteiger charge is -2.14. The molecule has 1 N–H and O–H groups in total. The van der Waals surface area contributed by atoms with Gasteiger partial charge in [0.05, 0.1) is 26.9 Å². The van der Waals surface area contributed by atoms with Crippen molar-refractivity contribution in [2.24, 2.45) is 0 Å². The predicted molar refractivity (Wildman–Crippen MR) is 97.4 cm³/mol. The van der Waals surface area contributed by atoms with Gasteiger partial charge in [-0.05, 0) is 12.1 Å². The summed E-state index contributed by atoms with van der Waals surface area (Å²) in [6.07, 6.45) is 2.99. The van der Waals surface area contributed by atoms with Gasteiger partial charge in [-0.1, -0.05) is 11.6 Å². The molecule has 0 radical (unpaired) electrons. The maximum absolute atomic E-state index is 6.10. The van der Waals surface area contributed by atoms with Crippen LogP contribution < -0.4 is 19.5 Å². The fourth-order valence-electron chi connectivity index (χ4n) is 2.32. The highest BCUT2D eigenvalue weighted by atomic mass is 35.5. The number of nitrogens with one attached hydrogen (secondary N) is 1. The van der Waals surface area contributed by atoms with Crippen LogP contribution in [0.4, 0.5) is 11.6 Å². The Kier molecular flexibility index (Phi) is 5.33. The summed E-state index contributed by atoms with van der Waals surface area (Å²) in [5.74, 6) is 2.27. The van der Waals surface area contributed by atoms with E-state index in [1.165, 1.54) is 6.33 Å². The highest BCUT2D eigenvalue weighted by molar-refractivity contribution is 6.31. The molecule has 8 nitrogen and oxygen atoms in total. The van der Waals surface area contributed by atoms with E-state index in [1.54, 1.807) is 51.8 Å². The normalized spacial score (nSPS) is 10.3. The minimum absolute atomic E-state index is 0.317.